The van der Waals surface area contributed by atoms with Crippen LogP contribution in [0, 0.1) is 6.61 Å². The van der Waals surface area contributed by atoms with Crippen molar-refractivity contribution in [2.75, 3.05) is 13.2 Å². The highest BCUT2D eigenvalue weighted by molar-refractivity contribution is 4.70. The van der Waals surface area contributed by atoms with Crippen molar-refractivity contribution in [2.24, 2.45) is 0 Å². The van der Waals surface area contributed by atoms with Crippen LogP contribution in [0.5, 0.6) is 0 Å². The topological polar surface area (TPSA) is 18.5 Å². The molecule has 1 radical (unpaired) electrons. The molecule has 1 heterocycles. The molecule has 0 spiro atoms. The third-order valence-electron chi connectivity index (χ3n) is 1.35. The van der Waals surface area contributed by atoms with Crippen LogP contribution in [0.25, 0.3) is 0 Å². The van der Waals surface area contributed by atoms with Crippen LogP contribution in [0.1, 0.15) is 19.8 Å². The molecule has 9 heavy (non-hydrogen) atoms. The summed E-state index contributed by atoms with van der Waals surface area (Å²) in [5, 5.41) is 0. The van der Waals surface area contributed by atoms with Crippen molar-refractivity contribution in [3.05, 3.63) is 6.61 Å². The molecule has 53 valence electrons. The van der Waals surface area contributed by atoms with Gasteiger partial charge >= 0.3 is 0 Å². The van der Waals surface area contributed by atoms with E-state index in [1.54, 1.807) is 6.61 Å². The third-order valence-corrected chi connectivity index (χ3v) is 1.35. The Morgan fingerprint density at radius 1 is 1.56 bits per heavy atom. The van der Waals surface area contributed by atoms with E-state index in [1.807, 2.05) is 0 Å². The lowest BCUT2D eigenvalue weighted by molar-refractivity contribution is -0.0526. The van der Waals surface area contributed by atoms with Gasteiger partial charge in [-0.15, -0.1) is 0 Å². The Kier molecular flexibility index (Phi) is 3.01. The molecule has 0 aromatic rings. The quantitative estimate of drug-likeness (QED) is 0.560. The molecule has 1 rings (SSSR count). The normalized spacial score (nSPS) is 28.3. The molecule has 0 saturated carbocycles. The lowest BCUT2D eigenvalue weighted by atomic mass is 10.2. The lowest BCUT2D eigenvalue weighted by Crippen LogP contribution is -2.23. The Morgan fingerprint density at radius 3 is 3.00 bits per heavy atom. The Hall–Kier alpha value is -0.0800. The Morgan fingerprint density at radius 2 is 2.44 bits per heavy atom. The highest BCUT2D eigenvalue weighted by Crippen LogP contribution is 2.10. The zero-order chi connectivity index (χ0) is 6.53. The standard InChI is InChI=1S/C7H13O2/c1-2-3-7-6-8-4-5-9-7/h6-7H,2-5H2,1H3. The summed E-state index contributed by atoms with van der Waals surface area (Å²) in [6.45, 7) is 5.42. The molecular weight excluding hydrogens is 116 g/mol. The first-order chi connectivity index (χ1) is 4.43. The van der Waals surface area contributed by atoms with Crippen molar-refractivity contribution in [1.29, 1.82) is 0 Å². The van der Waals surface area contributed by atoms with E-state index in [0.717, 1.165) is 26.1 Å². The molecule has 1 unspecified atom stereocenters. The van der Waals surface area contributed by atoms with E-state index in [2.05, 4.69) is 6.92 Å². The second-order valence-corrected chi connectivity index (χ2v) is 2.20. The maximum atomic E-state index is 5.34. The summed E-state index contributed by atoms with van der Waals surface area (Å²) in [7, 11) is 0. The molecular formula is C7H13O2. The average molecular weight is 129 g/mol. The molecule has 2 heteroatoms. The minimum Gasteiger partial charge on any atom is -0.373 e. The van der Waals surface area contributed by atoms with Crippen molar-refractivity contribution >= 4 is 0 Å². The first-order valence-electron chi connectivity index (χ1n) is 3.50. The summed E-state index contributed by atoms with van der Waals surface area (Å²) in [6.07, 6.45) is 2.49. The Balaban J connectivity index is 2.08. The van der Waals surface area contributed by atoms with Gasteiger partial charge in [0.2, 0.25) is 0 Å². The fourth-order valence-electron chi connectivity index (χ4n) is 0.898. The van der Waals surface area contributed by atoms with Gasteiger partial charge in [0.05, 0.1) is 19.3 Å². The van der Waals surface area contributed by atoms with Crippen LogP contribution in [-0.2, 0) is 9.47 Å². The van der Waals surface area contributed by atoms with Crippen LogP contribution in [0.15, 0.2) is 0 Å². The minimum absolute atomic E-state index is 0.253. The highest BCUT2D eigenvalue weighted by Gasteiger charge is 2.12. The van der Waals surface area contributed by atoms with Crippen molar-refractivity contribution in [3.8, 4) is 0 Å². The zero-order valence-corrected chi connectivity index (χ0v) is 5.80. The highest BCUT2D eigenvalue weighted by atomic mass is 16.6. The van der Waals surface area contributed by atoms with Crippen LogP contribution in [0.4, 0.5) is 0 Å². The van der Waals surface area contributed by atoms with Gasteiger partial charge in [-0.05, 0) is 6.42 Å². The second-order valence-electron chi connectivity index (χ2n) is 2.20. The molecule has 1 fully saturated rings. The van der Waals surface area contributed by atoms with Crippen molar-refractivity contribution in [1.82, 2.24) is 0 Å². The molecule has 1 aliphatic rings. The van der Waals surface area contributed by atoms with Crippen molar-refractivity contribution in [2.45, 2.75) is 25.9 Å². The van der Waals surface area contributed by atoms with Crippen LogP contribution < -0.4 is 0 Å². The predicted molar refractivity (Wildman–Crippen MR) is 34.9 cm³/mol. The number of rotatable bonds is 2. The summed E-state index contributed by atoms with van der Waals surface area (Å²) in [5.74, 6) is 0. The summed E-state index contributed by atoms with van der Waals surface area (Å²) in [6, 6.07) is 0. The molecule has 0 amide bonds. The van der Waals surface area contributed by atoms with E-state index in [4.69, 9.17) is 9.47 Å². The number of hydrogen-bond acceptors (Lipinski definition) is 2. The van der Waals surface area contributed by atoms with Crippen molar-refractivity contribution in [3.63, 3.8) is 0 Å². The van der Waals surface area contributed by atoms with Crippen LogP contribution in [-0.4, -0.2) is 19.3 Å². The van der Waals surface area contributed by atoms with E-state index in [1.165, 1.54) is 0 Å². The average Bonchev–Trinajstić information content (AvgIpc) is 1.91. The largest absolute Gasteiger partial charge is 0.373 e. The van der Waals surface area contributed by atoms with Crippen LogP contribution in [0.3, 0.4) is 0 Å². The molecule has 0 N–H and O–H groups in total. The minimum atomic E-state index is 0.253. The van der Waals surface area contributed by atoms with Crippen LogP contribution >= 0.6 is 0 Å². The second kappa shape index (κ2) is 3.85. The van der Waals surface area contributed by atoms with Crippen LogP contribution in [0.2, 0.25) is 0 Å². The lowest BCUT2D eigenvalue weighted by Gasteiger charge is -2.21. The Labute approximate surface area is 56.2 Å². The van der Waals surface area contributed by atoms with Gasteiger partial charge in [-0.2, -0.15) is 0 Å². The predicted octanol–water partition coefficient (Wildman–Crippen LogP) is 1.36. The number of hydrogen-bond donors (Lipinski definition) is 0. The molecule has 1 saturated heterocycles. The number of ether oxygens (including phenoxy) is 2. The van der Waals surface area contributed by atoms with Gasteiger partial charge in [-0.3, -0.25) is 0 Å². The Bertz CT molecular complexity index is 64.6. The fourth-order valence-corrected chi connectivity index (χ4v) is 0.898. The summed E-state index contributed by atoms with van der Waals surface area (Å²) in [4.78, 5) is 0. The van der Waals surface area contributed by atoms with Crippen molar-refractivity contribution < 1.29 is 9.47 Å². The molecule has 0 aliphatic carbocycles. The van der Waals surface area contributed by atoms with Gasteiger partial charge in [0.25, 0.3) is 0 Å². The van der Waals surface area contributed by atoms with Gasteiger partial charge in [-0.25, -0.2) is 0 Å². The fraction of sp³-hybridized carbons (Fsp3) is 0.857. The first-order valence-corrected chi connectivity index (χ1v) is 3.50. The first kappa shape index (κ1) is 7.03. The van der Waals surface area contributed by atoms with E-state index >= 15 is 0 Å². The van der Waals surface area contributed by atoms with Gasteiger partial charge < -0.3 is 9.47 Å². The monoisotopic (exact) mass is 129 g/mol. The zero-order valence-electron chi connectivity index (χ0n) is 5.80. The van der Waals surface area contributed by atoms with E-state index in [0.29, 0.717) is 0 Å². The SMILES string of the molecule is CCCC1[CH]OCCO1. The third kappa shape index (κ3) is 2.33. The van der Waals surface area contributed by atoms with E-state index < -0.39 is 0 Å². The van der Waals surface area contributed by atoms with Gasteiger partial charge in [-0.1, -0.05) is 13.3 Å². The van der Waals surface area contributed by atoms with Gasteiger partial charge in [0.1, 0.15) is 6.61 Å². The maximum Gasteiger partial charge on any atom is 0.112 e. The molecule has 1 aliphatic heterocycles. The van der Waals surface area contributed by atoms with E-state index in [-0.39, 0.29) is 6.10 Å². The smallest absolute Gasteiger partial charge is 0.112 e. The molecule has 0 aromatic heterocycles. The molecule has 0 bridgehead atoms. The summed E-state index contributed by atoms with van der Waals surface area (Å²) < 4.78 is 10.4. The molecule has 1 atom stereocenters. The summed E-state index contributed by atoms with van der Waals surface area (Å²) >= 11 is 0. The van der Waals surface area contributed by atoms with Gasteiger partial charge in [0, 0.05) is 0 Å². The molecule has 2 nitrogen and oxygen atoms in total. The van der Waals surface area contributed by atoms with E-state index in [9.17, 15) is 0 Å². The maximum absolute atomic E-state index is 5.34. The molecule has 0 aromatic carbocycles. The summed E-state index contributed by atoms with van der Waals surface area (Å²) in [5.41, 5.74) is 0. The van der Waals surface area contributed by atoms with Gasteiger partial charge in [0.15, 0.2) is 0 Å².